The van der Waals surface area contributed by atoms with Crippen molar-refractivity contribution in [2.24, 2.45) is 5.73 Å². The highest BCUT2D eigenvalue weighted by atomic mass is 16.3. The van der Waals surface area contributed by atoms with E-state index in [1.54, 1.807) is 0 Å². The second kappa shape index (κ2) is 2.18. The molecule has 0 heterocycles. The second-order valence-electron chi connectivity index (χ2n) is 0.976. The van der Waals surface area contributed by atoms with Crippen molar-refractivity contribution in [3.8, 4) is 0 Å². The van der Waals surface area contributed by atoms with Gasteiger partial charge in [0.2, 0.25) is 0 Å². The summed E-state index contributed by atoms with van der Waals surface area (Å²) in [6.07, 6.45) is 0.0231. The summed E-state index contributed by atoms with van der Waals surface area (Å²) >= 11 is 0. The molecule has 0 aliphatic rings. The lowest BCUT2D eigenvalue weighted by Gasteiger charge is -1.91. The molecule has 0 unspecified atom stereocenters. The third-order valence-electron chi connectivity index (χ3n) is 0.418. The van der Waals surface area contributed by atoms with Crippen LogP contribution in [0.1, 0.15) is 13.3 Å². The highest BCUT2D eigenvalue weighted by molar-refractivity contribution is 4.31. The van der Waals surface area contributed by atoms with Gasteiger partial charge in [-0.05, 0) is 6.42 Å². The van der Waals surface area contributed by atoms with E-state index in [-0.39, 0.29) is 0 Å². The lowest BCUT2D eigenvalue weighted by molar-refractivity contribution is 0.178. The van der Waals surface area contributed by atoms with Gasteiger partial charge in [-0.3, -0.25) is 0 Å². The highest BCUT2D eigenvalue weighted by Gasteiger charge is 1.81. The fraction of sp³-hybridized carbons (Fsp3) is 1.00. The molecule has 0 radical (unpaired) electrons. The number of aliphatic hydroxyl groups excluding tert-OH is 1. The zero-order chi connectivity index (χ0) is 4.28. The molecule has 3 N–H and O–H groups in total. The number of hydrogen-bond donors (Lipinski definition) is 2. The van der Waals surface area contributed by atoms with Gasteiger partial charge in [-0.15, -0.1) is 0 Å². The first kappa shape index (κ1) is 4.92. The van der Waals surface area contributed by atoms with Crippen molar-refractivity contribution in [3.05, 3.63) is 0 Å². The molecule has 5 heavy (non-hydrogen) atoms. The first-order chi connectivity index (χ1) is 2.27. The molecule has 0 rings (SSSR count). The molecule has 0 saturated heterocycles. The van der Waals surface area contributed by atoms with Crippen molar-refractivity contribution in [3.63, 3.8) is 0 Å². The van der Waals surface area contributed by atoms with Crippen molar-refractivity contribution in [2.75, 3.05) is 0 Å². The molecule has 0 aromatic heterocycles. The van der Waals surface area contributed by atoms with E-state index in [1.165, 1.54) is 0 Å². The van der Waals surface area contributed by atoms with E-state index in [4.69, 9.17) is 10.8 Å². The number of rotatable bonds is 1. The minimum atomic E-state index is -0.616. The minimum Gasteiger partial charge on any atom is -0.379 e. The number of aliphatic hydroxyl groups is 1. The molecule has 1 atom stereocenters. The van der Waals surface area contributed by atoms with Gasteiger partial charge >= 0.3 is 0 Å². The predicted molar refractivity (Wildman–Crippen MR) is 20.5 cm³/mol. The van der Waals surface area contributed by atoms with Gasteiger partial charge < -0.3 is 10.8 Å². The molecule has 2 heteroatoms. The first-order valence-corrected chi connectivity index (χ1v) is 1.71. The lowest BCUT2D eigenvalue weighted by Crippen LogP contribution is -2.16. The van der Waals surface area contributed by atoms with Gasteiger partial charge in [-0.25, -0.2) is 0 Å². The average molecular weight is 75.1 g/mol. The molecular formula is C3H9NO. The second-order valence-corrected chi connectivity index (χ2v) is 0.976. The maximum Gasteiger partial charge on any atom is 0.102 e. The molecule has 0 bridgehead atoms. The topological polar surface area (TPSA) is 46.2 Å². The van der Waals surface area contributed by atoms with E-state index in [0.717, 1.165) is 0 Å². The van der Waals surface area contributed by atoms with Crippen molar-refractivity contribution in [2.45, 2.75) is 19.6 Å². The van der Waals surface area contributed by atoms with Crippen LogP contribution in [-0.4, -0.2) is 11.3 Å². The summed E-state index contributed by atoms with van der Waals surface area (Å²) in [5, 5.41) is 8.14. The molecule has 0 aromatic carbocycles. The minimum absolute atomic E-state index is 0.616. The molecule has 0 amide bonds. The molecule has 0 aliphatic carbocycles. The van der Waals surface area contributed by atoms with Gasteiger partial charge in [-0.1, -0.05) is 6.92 Å². The lowest BCUT2D eigenvalue weighted by atomic mass is 10.5. The van der Waals surface area contributed by atoms with Crippen molar-refractivity contribution < 1.29 is 5.11 Å². The van der Waals surface area contributed by atoms with Crippen LogP contribution in [0.5, 0.6) is 0 Å². The van der Waals surface area contributed by atoms with Gasteiger partial charge in [0.15, 0.2) is 0 Å². The molecule has 2 nitrogen and oxygen atoms in total. The Morgan fingerprint density at radius 3 is 2.20 bits per heavy atom. The zero-order valence-electron chi connectivity index (χ0n) is 3.31. The normalized spacial score (nSPS) is 15.0. The SMILES string of the molecule is CC[C@@H](N)O. The molecule has 0 fully saturated rings. The van der Waals surface area contributed by atoms with Crippen LogP contribution >= 0.6 is 0 Å². The summed E-state index contributed by atoms with van der Waals surface area (Å²) in [6.45, 7) is 1.82. The highest BCUT2D eigenvalue weighted by Crippen LogP contribution is 1.72. The van der Waals surface area contributed by atoms with E-state index in [1.807, 2.05) is 6.92 Å². The summed E-state index contributed by atoms with van der Waals surface area (Å²) in [4.78, 5) is 0. The average Bonchev–Trinajstić information content (AvgIpc) is 1.38. The van der Waals surface area contributed by atoms with E-state index in [0.29, 0.717) is 6.42 Å². The Kier molecular flexibility index (Phi) is 2.14. The molecular weight excluding hydrogens is 66.0 g/mol. The quantitative estimate of drug-likeness (QED) is 0.419. The Bertz CT molecular complexity index is 20.9. The Labute approximate surface area is 31.6 Å². The van der Waals surface area contributed by atoms with Gasteiger partial charge in [0.05, 0.1) is 0 Å². The molecule has 0 saturated carbocycles. The predicted octanol–water partition coefficient (Wildman–Crippen LogP) is -0.327. The largest absolute Gasteiger partial charge is 0.379 e. The monoisotopic (exact) mass is 75.1 g/mol. The van der Waals surface area contributed by atoms with Gasteiger partial charge in [0.1, 0.15) is 6.23 Å². The van der Waals surface area contributed by atoms with E-state index in [2.05, 4.69) is 0 Å². The standard InChI is InChI=1S/C3H9NO/c1-2-3(4)5/h3,5H,2,4H2,1H3/t3-/m0/s1. The van der Waals surface area contributed by atoms with Gasteiger partial charge in [0.25, 0.3) is 0 Å². The molecule has 32 valence electrons. The third-order valence-corrected chi connectivity index (χ3v) is 0.418. The Hall–Kier alpha value is -0.0800. The van der Waals surface area contributed by atoms with Crippen LogP contribution in [0.2, 0.25) is 0 Å². The summed E-state index contributed by atoms with van der Waals surface area (Å²) in [5.74, 6) is 0. The van der Waals surface area contributed by atoms with Crippen LogP contribution in [0.25, 0.3) is 0 Å². The fourth-order valence-corrected chi connectivity index (χ4v) is 0. The first-order valence-electron chi connectivity index (χ1n) is 1.71. The fourth-order valence-electron chi connectivity index (χ4n) is 0. The Morgan fingerprint density at radius 2 is 2.20 bits per heavy atom. The van der Waals surface area contributed by atoms with Gasteiger partial charge in [0, 0.05) is 0 Å². The smallest absolute Gasteiger partial charge is 0.102 e. The van der Waals surface area contributed by atoms with Crippen molar-refractivity contribution in [1.82, 2.24) is 0 Å². The van der Waals surface area contributed by atoms with Crippen LogP contribution in [0.15, 0.2) is 0 Å². The van der Waals surface area contributed by atoms with Crippen LogP contribution in [0.4, 0.5) is 0 Å². The van der Waals surface area contributed by atoms with Crippen LogP contribution < -0.4 is 5.73 Å². The summed E-state index contributed by atoms with van der Waals surface area (Å²) < 4.78 is 0. The third kappa shape index (κ3) is 3.92. The van der Waals surface area contributed by atoms with Crippen LogP contribution in [-0.2, 0) is 0 Å². The van der Waals surface area contributed by atoms with Crippen LogP contribution in [0, 0.1) is 0 Å². The maximum atomic E-state index is 8.14. The molecule has 0 aliphatic heterocycles. The zero-order valence-corrected chi connectivity index (χ0v) is 3.31. The summed E-state index contributed by atoms with van der Waals surface area (Å²) in [7, 11) is 0. The van der Waals surface area contributed by atoms with Gasteiger partial charge in [-0.2, -0.15) is 0 Å². The van der Waals surface area contributed by atoms with E-state index < -0.39 is 6.23 Å². The summed E-state index contributed by atoms with van der Waals surface area (Å²) in [5.41, 5.74) is 4.85. The number of hydrogen-bond acceptors (Lipinski definition) is 2. The van der Waals surface area contributed by atoms with Crippen molar-refractivity contribution >= 4 is 0 Å². The van der Waals surface area contributed by atoms with E-state index >= 15 is 0 Å². The maximum absolute atomic E-state index is 8.14. The van der Waals surface area contributed by atoms with Crippen molar-refractivity contribution in [1.29, 1.82) is 0 Å². The Balaban J connectivity index is 2.54. The number of nitrogens with two attached hydrogens (primary N) is 1. The Morgan fingerprint density at radius 1 is 2.00 bits per heavy atom. The summed E-state index contributed by atoms with van der Waals surface area (Å²) in [6, 6.07) is 0. The molecule has 0 aromatic rings. The van der Waals surface area contributed by atoms with E-state index in [9.17, 15) is 0 Å². The van der Waals surface area contributed by atoms with Crippen LogP contribution in [0.3, 0.4) is 0 Å². The molecule has 0 spiro atoms.